The molecular weight excluding hydrogens is 236 g/mol. The highest BCUT2D eigenvalue weighted by Crippen LogP contribution is 2.42. The maximum Gasteiger partial charge on any atom is 0.313 e. The smallest absolute Gasteiger partial charge is 0.313 e. The fourth-order valence-electron chi connectivity index (χ4n) is 1.62. The number of ether oxygens (including phenoxy) is 3. The summed E-state index contributed by atoms with van der Waals surface area (Å²) in [5, 5.41) is 9.55. The Morgan fingerprint density at radius 3 is 2.72 bits per heavy atom. The Bertz CT molecular complexity index is 461. The molecular formula is C13H16O5. The summed E-state index contributed by atoms with van der Waals surface area (Å²) in [6, 6.07) is 4.82. The number of benzene rings is 1. The quantitative estimate of drug-likeness (QED) is 0.817. The first-order valence-corrected chi connectivity index (χ1v) is 5.72. The predicted octanol–water partition coefficient (Wildman–Crippen LogP) is 2.22. The first-order valence-electron chi connectivity index (χ1n) is 5.72. The summed E-state index contributed by atoms with van der Waals surface area (Å²) in [6.07, 6.45) is -0.770. The van der Waals surface area contributed by atoms with Crippen LogP contribution in [0.3, 0.4) is 0 Å². The van der Waals surface area contributed by atoms with E-state index >= 15 is 0 Å². The third-order valence-corrected chi connectivity index (χ3v) is 2.22. The van der Waals surface area contributed by atoms with Gasteiger partial charge >= 0.3 is 5.97 Å². The zero-order valence-electron chi connectivity index (χ0n) is 10.6. The van der Waals surface area contributed by atoms with Crippen molar-refractivity contribution in [2.75, 3.05) is 0 Å². The lowest BCUT2D eigenvalue weighted by atomic mass is 10.2. The van der Waals surface area contributed by atoms with Gasteiger partial charge in [0.2, 0.25) is 5.75 Å². The van der Waals surface area contributed by atoms with Crippen LogP contribution in [0.1, 0.15) is 27.2 Å². The standard InChI is InChI=1S/C13H16O5/c1-13(2,3)18-10(15)7-11-16-9-6-4-5-8(14)12(9)17-11/h4-6,11,14H,7H2,1-3H3. The van der Waals surface area contributed by atoms with Crippen molar-refractivity contribution >= 4 is 5.97 Å². The average molecular weight is 252 g/mol. The van der Waals surface area contributed by atoms with E-state index in [-0.39, 0.29) is 17.9 Å². The minimum Gasteiger partial charge on any atom is -0.504 e. The van der Waals surface area contributed by atoms with Gasteiger partial charge in [0, 0.05) is 0 Å². The largest absolute Gasteiger partial charge is 0.504 e. The predicted molar refractivity (Wildman–Crippen MR) is 63.6 cm³/mol. The lowest BCUT2D eigenvalue weighted by Gasteiger charge is -2.20. The van der Waals surface area contributed by atoms with Gasteiger partial charge in [0.05, 0.1) is 0 Å². The normalized spacial score (nSPS) is 17.6. The lowest BCUT2D eigenvalue weighted by Crippen LogP contribution is -2.29. The van der Waals surface area contributed by atoms with E-state index in [9.17, 15) is 9.90 Å². The molecule has 0 radical (unpaired) electrons. The number of carbonyl (C=O) groups excluding carboxylic acids is 1. The fraction of sp³-hybridized carbons (Fsp3) is 0.462. The van der Waals surface area contributed by atoms with Gasteiger partial charge in [-0.25, -0.2) is 0 Å². The van der Waals surface area contributed by atoms with Crippen LogP contribution in [0.5, 0.6) is 17.2 Å². The van der Waals surface area contributed by atoms with Crippen LogP contribution in [0.2, 0.25) is 0 Å². The molecule has 0 fully saturated rings. The van der Waals surface area contributed by atoms with E-state index in [1.165, 1.54) is 6.07 Å². The lowest BCUT2D eigenvalue weighted by molar-refractivity contribution is -0.159. The van der Waals surface area contributed by atoms with Crippen LogP contribution in [-0.2, 0) is 9.53 Å². The highest BCUT2D eigenvalue weighted by molar-refractivity contribution is 5.70. The first kappa shape index (κ1) is 12.5. The van der Waals surface area contributed by atoms with Gasteiger partial charge in [0.1, 0.15) is 12.0 Å². The maximum absolute atomic E-state index is 11.6. The molecule has 1 aromatic carbocycles. The van der Waals surface area contributed by atoms with Crippen molar-refractivity contribution in [3.8, 4) is 17.2 Å². The van der Waals surface area contributed by atoms with Crippen LogP contribution in [0.15, 0.2) is 18.2 Å². The molecule has 98 valence electrons. The van der Waals surface area contributed by atoms with Crippen molar-refractivity contribution in [2.45, 2.75) is 39.1 Å². The summed E-state index contributed by atoms with van der Waals surface area (Å²) in [4.78, 5) is 11.6. The Morgan fingerprint density at radius 2 is 2.11 bits per heavy atom. The van der Waals surface area contributed by atoms with Crippen LogP contribution in [0.25, 0.3) is 0 Å². The molecule has 1 aliphatic heterocycles. The molecule has 0 aromatic heterocycles. The van der Waals surface area contributed by atoms with E-state index in [1.807, 2.05) is 0 Å². The minimum atomic E-state index is -0.747. The van der Waals surface area contributed by atoms with E-state index in [0.717, 1.165) is 0 Å². The molecule has 1 heterocycles. The summed E-state index contributed by atoms with van der Waals surface area (Å²) in [5.41, 5.74) is -0.537. The summed E-state index contributed by atoms with van der Waals surface area (Å²) in [7, 11) is 0. The van der Waals surface area contributed by atoms with Gasteiger partial charge in [-0.2, -0.15) is 0 Å². The molecule has 1 atom stereocenters. The third-order valence-electron chi connectivity index (χ3n) is 2.22. The molecule has 1 unspecified atom stereocenters. The number of hydrogen-bond donors (Lipinski definition) is 1. The number of carbonyl (C=O) groups is 1. The van der Waals surface area contributed by atoms with Crippen molar-refractivity contribution in [3.05, 3.63) is 18.2 Å². The molecule has 2 rings (SSSR count). The summed E-state index contributed by atoms with van der Waals surface area (Å²) in [6.45, 7) is 5.38. The fourth-order valence-corrected chi connectivity index (χ4v) is 1.62. The van der Waals surface area contributed by atoms with Gasteiger partial charge in [0.25, 0.3) is 6.29 Å². The Kier molecular flexibility index (Phi) is 3.07. The molecule has 1 aromatic rings. The number of para-hydroxylation sites is 1. The van der Waals surface area contributed by atoms with Crippen LogP contribution in [0.4, 0.5) is 0 Å². The van der Waals surface area contributed by atoms with Gasteiger partial charge in [-0.05, 0) is 32.9 Å². The molecule has 0 amide bonds. The second kappa shape index (κ2) is 4.40. The second-order valence-electron chi connectivity index (χ2n) is 5.06. The zero-order valence-corrected chi connectivity index (χ0v) is 10.6. The van der Waals surface area contributed by atoms with Crippen LogP contribution < -0.4 is 9.47 Å². The Balaban J connectivity index is 1.96. The maximum atomic E-state index is 11.6. The van der Waals surface area contributed by atoms with Gasteiger partial charge < -0.3 is 19.3 Å². The topological polar surface area (TPSA) is 65.0 Å². The van der Waals surface area contributed by atoms with Gasteiger partial charge in [-0.3, -0.25) is 4.79 Å². The molecule has 0 aliphatic carbocycles. The highest BCUT2D eigenvalue weighted by atomic mass is 16.7. The number of phenolic OH excluding ortho intramolecular Hbond substituents is 1. The molecule has 5 heteroatoms. The highest BCUT2D eigenvalue weighted by Gasteiger charge is 2.30. The van der Waals surface area contributed by atoms with Crippen molar-refractivity contribution in [1.29, 1.82) is 0 Å². The van der Waals surface area contributed by atoms with Gasteiger partial charge in [0.15, 0.2) is 11.5 Å². The second-order valence-corrected chi connectivity index (χ2v) is 5.06. The molecule has 0 spiro atoms. The van der Waals surface area contributed by atoms with Crippen LogP contribution in [-0.4, -0.2) is 23.0 Å². The molecule has 0 bridgehead atoms. The first-order chi connectivity index (χ1) is 8.35. The molecule has 0 saturated heterocycles. The Labute approximate surface area is 105 Å². The van der Waals surface area contributed by atoms with Crippen LogP contribution in [0, 0.1) is 0 Å². The van der Waals surface area contributed by atoms with Crippen molar-refractivity contribution in [1.82, 2.24) is 0 Å². The third kappa shape index (κ3) is 2.85. The molecule has 18 heavy (non-hydrogen) atoms. The average Bonchev–Trinajstić information content (AvgIpc) is 2.58. The van der Waals surface area contributed by atoms with Gasteiger partial charge in [-0.1, -0.05) is 6.07 Å². The molecule has 1 N–H and O–H groups in total. The van der Waals surface area contributed by atoms with E-state index in [2.05, 4.69) is 0 Å². The van der Waals surface area contributed by atoms with Crippen LogP contribution >= 0.6 is 0 Å². The number of esters is 1. The summed E-state index contributed by atoms with van der Waals surface area (Å²) in [5.74, 6) is 0.300. The summed E-state index contributed by atoms with van der Waals surface area (Å²) >= 11 is 0. The minimum absolute atomic E-state index is 0.000751. The monoisotopic (exact) mass is 252 g/mol. The van der Waals surface area contributed by atoms with E-state index in [1.54, 1.807) is 32.9 Å². The molecule has 1 aliphatic rings. The Hall–Kier alpha value is -1.91. The van der Waals surface area contributed by atoms with E-state index < -0.39 is 17.9 Å². The molecule has 0 saturated carbocycles. The van der Waals surface area contributed by atoms with Crippen molar-refractivity contribution in [2.24, 2.45) is 0 Å². The molecule has 5 nitrogen and oxygen atoms in total. The van der Waals surface area contributed by atoms with E-state index in [4.69, 9.17) is 14.2 Å². The van der Waals surface area contributed by atoms with Crippen molar-refractivity contribution < 1.29 is 24.1 Å². The Morgan fingerprint density at radius 1 is 1.39 bits per heavy atom. The number of hydrogen-bond acceptors (Lipinski definition) is 5. The number of phenols is 1. The number of fused-ring (bicyclic) bond motifs is 1. The SMILES string of the molecule is CC(C)(C)OC(=O)CC1Oc2cccc(O)c2O1. The zero-order chi connectivity index (χ0) is 13.3. The van der Waals surface area contributed by atoms with Gasteiger partial charge in [-0.15, -0.1) is 0 Å². The number of rotatable bonds is 2. The summed E-state index contributed by atoms with van der Waals surface area (Å²) < 4.78 is 15.9. The van der Waals surface area contributed by atoms with Crippen molar-refractivity contribution in [3.63, 3.8) is 0 Å². The number of aromatic hydroxyl groups is 1. The van der Waals surface area contributed by atoms with E-state index in [0.29, 0.717) is 5.75 Å².